The number of benzene rings is 1. The van der Waals surface area contributed by atoms with Crippen molar-refractivity contribution in [1.82, 2.24) is 0 Å². The van der Waals surface area contributed by atoms with Gasteiger partial charge in [-0.1, -0.05) is 31.5 Å². The van der Waals surface area contributed by atoms with Gasteiger partial charge in [0, 0.05) is 6.54 Å². The first-order valence-electron chi connectivity index (χ1n) is 6.28. The van der Waals surface area contributed by atoms with E-state index in [1.54, 1.807) is 19.9 Å². The van der Waals surface area contributed by atoms with Crippen molar-refractivity contribution in [3.63, 3.8) is 0 Å². The summed E-state index contributed by atoms with van der Waals surface area (Å²) in [4.78, 5) is 21.8. The maximum absolute atomic E-state index is 11.4. The molecular weight excluding hydrogens is 284 g/mol. The number of hydrogen-bond acceptors (Lipinski definition) is 4. The standard InChI is InChI=1S/C13H17ClN2O4/c1-3-13(4-2,12(17)18)8-15-10-7-5-6-9(14)11(10)16(19)20/h5-7,15H,3-4,8H2,1-2H3,(H,17,18). The Morgan fingerprint density at radius 2 is 2.05 bits per heavy atom. The molecule has 0 saturated carbocycles. The van der Waals surface area contributed by atoms with Gasteiger partial charge in [-0.3, -0.25) is 14.9 Å². The number of hydrogen-bond donors (Lipinski definition) is 2. The van der Waals surface area contributed by atoms with Crippen LogP contribution < -0.4 is 5.32 Å². The van der Waals surface area contributed by atoms with Gasteiger partial charge in [-0.25, -0.2) is 0 Å². The normalized spacial score (nSPS) is 11.2. The van der Waals surface area contributed by atoms with Crippen LogP contribution in [0.25, 0.3) is 0 Å². The smallest absolute Gasteiger partial charge is 0.311 e. The second kappa shape index (κ2) is 6.56. The van der Waals surface area contributed by atoms with Gasteiger partial charge in [0.1, 0.15) is 10.7 Å². The van der Waals surface area contributed by atoms with E-state index in [0.717, 1.165) is 0 Å². The van der Waals surface area contributed by atoms with E-state index < -0.39 is 16.3 Å². The molecule has 1 aromatic carbocycles. The largest absolute Gasteiger partial charge is 0.481 e. The number of rotatable bonds is 7. The molecule has 20 heavy (non-hydrogen) atoms. The van der Waals surface area contributed by atoms with E-state index in [2.05, 4.69) is 5.32 Å². The van der Waals surface area contributed by atoms with Crippen molar-refractivity contribution in [2.45, 2.75) is 26.7 Å². The topological polar surface area (TPSA) is 92.5 Å². The Hall–Kier alpha value is -1.82. The number of carboxylic acid groups (broad SMARTS) is 1. The second-order valence-electron chi connectivity index (χ2n) is 4.54. The Bertz CT molecular complexity index is 515. The molecule has 0 aromatic heterocycles. The zero-order valence-electron chi connectivity index (χ0n) is 11.4. The third-order valence-electron chi connectivity index (χ3n) is 3.59. The first-order valence-corrected chi connectivity index (χ1v) is 6.66. The van der Waals surface area contributed by atoms with Crippen LogP contribution in [0.4, 0.5) is 11.4 Å². The lowest BCUT2D eigenvalue weighted by Gasteiger charge is -2.27. The van der Waals surface area contributed by atoms with E-state index in [1.165, 1.54) is 12.1 Å². The highest BCUT2D eigenvalue weighted by molar-refractivity contribution is 6.33. The fourth-order valence-electron chi connectivity index (χ4n) is 1.99. The highest BCUT2D eigenvalue weighted by Gasteiger charge is 2.35. The van der Waals surface area contributed by atoms with Crippen LogP contribution in [-0.4, -0.2) is 22.5 Å². The van der Waals surface area contributed by atoms with Crippen molar-refractivity contribution in [2.24, 2.45) is 5.41 Å². The molecule has 0 bridgehead atoms. The number of para-hydroxylation sites is 1. The maximum atomic E-state index is 11.4. The highest BCUT2D eigenvalue weighted by Crippen LogP contribution is 2.34. The molecule has 0 aliphatic rings. The molecule has 0 heterocycles. The third kappa shape index (κ3) is 3.19. The summed E-state index contributed by atoms with van der Waals surface area (Å²) in [6, 6.07) is 4.52. The van der Waals surface area contributed by atoms with Crippen molar-refractivity contribution in [3.8, 4) is 0 Å². The van der Waals surface area contributed by atoms with E-state index in [-0.39, 0.29) is 22.9 Å². The van der Waals surface area contributed by atoms with E-state index >= 15 is 0 Å². The van der Waals surface area contributed by atoms with Gasteiger partial charge < -0.3 is 10.4 Å². The average Bonchev–Trinajstić information content (AvgIpc) is 2.39. The van der Waals surface area contributed by atoms with Gasteiger partial charge in [-0.2, -0.15) is 0 Å². The molecule has 0 aliphatic heterocycles. The minimum Gasteiger partial charge on any atom is -0.481 e. The van der Waals surface area contributed by atoms with Gasteiger partial charge in [0.2, 0.25) is 0 Å². The molecule has 2 N–H and O–H groups in total. The predicted molar refractivity (Wildman–Crippen MR) is 77.2 cm³/mol. The van der Waals surface area contributed by atoms with Crippen LogP contribution in [0.2, 0.25) is 5.02 Å². The summed E-state index contributed by atoms with van der Waals surface area (Å²) in [6.07, 6.45) is 0.862. The van der Waals surface area contributed by atoms with E-state index in [4.69, 9.17) is 11.6 Å². The molecule has 0 amide bonds. The lowest BCUT2D eigenvalue weighted by molar-refractivity contribution is -0.383. The second-order valence-corrected chi connectivity index (χ2v) is 4.95. The molecule has 0 fully saturated rings. The van der Waals surface area contributed by atoms with Crippen LogP contribution in [0, 0.1) is 15.5 Å². The molecule has 7 heteroatoms. The van der Waals surface area contributed by atoms with Gasteiger partial charge >= 0.3 is 11.7 Å². The Labute approximate surface area is 121 Å². The monoisotopic (exact) mass is 300 g/mol. The van der Waals surface area contributed by atoms with E-state index in [1.807, 2.05) is 0 Å². The molecule has 0 spiro atoms. The van der Waals surface area contributed by atoms with Crippen LogP contribution in [0.1, 0.15) is 26.7 Å². The molecule has 1 aromatic rings. The maximum Gasteiger partial charge on any atom is 0.311 e. The molecule has 0 aliphatic carbocycles. The lowest BCUT2D eigenvalue weighted by Crippen LogP contribution is -2.37. The zero-order chi connectivity index (χ0) is 15.3. The number of carbonyl (C=O) groups is 1. The molecule has 1 rings (SSSR count). The van der Waals surface area contributed by atoms with Crippen LogP contribution in [0.15, 0.2) is 18.2 Å². The SMILES string of the molecule is CCC(CC)(CNc1cccc(Cl)c1[N+](=O)[O-])C(=O)O. The minimum absolute atomic E-state index is 0.0221. The zero-order valence-corrected chi connectivity index (χ0v) is 12.1. The first-order chi connectivity index (χ1) is 9.38. The molecular formula is C13H17ClN2O4. The van der Waals surface area contributed by atoms with Crippen LogP contribution >= 0.6 is 11.6 Å². The molecule has 110 valence electrons. The number of nitrogens with zero attached hydrogens (tertiary/aromatic N) is 1. The third-order valence-corrected chi connectivity index (χ3v) is 3.90. The highest BCUT2D eigenvalue weighted by atomic mass is 35.5. The van der Waals surface area contributed by atoms with Crippen LogP contribution in [0.5, 0.6) is 0 Å². The number of aliphatic carboxylic acids is 1. The minimum atomic E-state index is -0.948. The van der Waals surface area contributed by atoms with Crippen molar-refractivity contribution < 1.29 is 14.8 Å². The first kappa shape index (κ1) is 16.2. The van der Waals surface area contributed by atoms with Gasteiger partial charge in [0.25, 0.3) is 0 Å². The van der Waals surface area contributed by atoms with Crippen LogP contribution in [0.3, 0.4) is 0 Å². The summed E-state index contributed by atoms with van der Waals surface area (Å²) < 4.78 is 0. The summed E-state index contributed by atoms with van der Waals surface area (Å²) in [6.45, 7) is 3.67. The number of nitro groups is 1. The lowest BCUT2D eigenvalue weighted by atomic mass is 9.82. The fraction of sp³-hybridized carbons (Fsp3) is 0.462. The molecule has 0 radical (unpaired) electrons. The van der Waals surface area contributed by atoms with Crippen LogP contribution in [-0.2, 0) is 4.79 Å². The molecule has 0 unspecified atom stereocenters. The van der Waals surface area contributed by atoms with Gasteiger partial charge in [-0.05, 0) is 25.0 Å². The van der Waals surface area contributed by atoms with E-state index in [9.17, 15) is 20.0 Å². The number of carboxylic acids is 1. The quantitative estimate of drug-likeness (QED) is 0.593. The molecule has 0 saturated heterocycles. The van der Waals surface area contributed by atoms with Crippen molar-refractivity contribution in [1.29, 1.82) is 0 Å². The van der Waals surface area contributed by atoms with Crippen molar-refractivity contribution >= 4 is 28.9 Å². The average molecular weight is 301 g/mol. The number of nitro benzene ring substituents is 1. The molecule has 6 nitrogen and oxygen atoms in total. The number of halogens is 1. The Kier molecular flexibility index (Phi) is 5.33. The summed E-state index contributed by atoms with van der Waals surface area (Å²) in [5, 5.41) is 23.2. The molecule has 0 atom stereocenters. The van der Waals surface area contributed by atoms with Gasteiger partial charge in [0.15, 0.2) is 0 Å². The predicted octanol–water partition coefficient (Wildman–Crippen LogP) is 3.55. The van der Waals surface area contributed by atoms with Crippen molar-refractivity contribution in [3.05, 3.63) is 33.3 Å². The Morgan fingerprint density at radius 3 is 2.50 bits per heavy atom. The van der Waals surface area contributed by atoms with Gasteiger partial charge in [0.05, 0.1) is 10.3 Å². The Morgan fingerprint density at radius 1 is 1.45 bits per heavy atom. The van der Waals surface area contributed by atoms with Crippen molar-refractivity contribution in [2.75, 3.05) is 11.9 Å². The Balaban J connectivity index is 3.03. The number of anilines is 1. The summed E-state index contributed by atoms with van der Waals surface area (Å²) >= 11 is 5.81. The number of nitrogens with one attached hydrogen (secondary N) is 1. The summed E-state index contributed by atoms with van der Waals surface area (Å²) in [5.74, 6) is -0.917. The van der Waals surface area contributed by atoms with E-state index in [0.29, 0.717) is 12.8 Å². The van der Waals surface area contributed by atoms with Gasteiger partial charge in [-0.15, -0.1) is 0 Å². The summed E-state index contributed by atoms with van der Waals surface area (Å²) in [5.41, 5.74) is -0.952. The fourth-order valence-corrected chi connectivity index (χ4v) is 2.23. The summed E-state index contributed by atoms with van der Waals surface area (Å²) in [7, 11) is 0.